The van der Waals surface area contributed by atoms with E-state index in [4.69, 9.17) is 0 Å². The van der Waals surface area contributed by atoms with Crippen LogP contribution < -0.4 is 16.0 Å². The quantitative estimate of drug-likeness (QED) is 0.677. The normalized spacial score (nSPS) is 17.9. The number of aryl methyl sites for hydroxylation is 1. The van der Waals surface area contributed by atoms with E-state index in [-0.39, 0.29) is 5.56 Å². The molecule has 0 spiro atoms. The molecule has 5 nitrogen and oxygen atoms in total. The maximum atomic E-state index is 14.4. The van der Waals surface area contributed by atoms with Crippen LogP contribution >= 0.6 is 0 Å². The van der Waals surface area contributed by atoms with Crippen molar-refractivity contribution < 1.29 is 13.2 Å². The molecule has 0 bridgehead atoms. The highest BCUT2D eigenvalue weighted by atomic mass is 19.3. The Bertz CT molecular complexity index is 778. The Hall–Kier alpha value is -2.35. The van der Waals surface area contributed by atoms with Crippen molar-refractivity contribution in [2.45, 2.75) is 32.7 Å². The molecule has 146 valence electrons. The molecule has 3 N–H and O–H groups in total. The molecule has 8 heteroatoms. The van der Waals surface area contributed by atoms with E-state index >= 15 is 0 Å². The second-order valence-electron chi connectivity index (χ2n) is 6.84. The maximum absolute atomic E-state index is 14.4. The second kappa shape index (κ2) is 8.56. The summed E-state index contributed by atoms with van der Waals surface area (Å²) in [5.74, 6) is 0.740. The fourth-order valence-electron chi connectivity index (χ4n) is 3.21. The molecule has 1 saturated heterocycles. The number of aromatic nitrogens is 2. The molecule has 0 radical (unpaired) electrons. The van der Waals surface area contributed by atoms with E-state index in [0.717, 1.165) is 32.1 Å². The number of nitrogens with zero attached hydrogens (tertiary/aromatic N) is 2. The van der Waals surface area contributed by atoms with E-state index in [1.807, 2.05) is 0 Å². The molecule has 1 aliphatic heterocycles. The fourth-order valence-corrected chi connectivity index (χ4v) is 3.21. The summed E-state index contributed by atoms with van der Waals surface area (Å²) >= 11 is 0. The molecule has 0 aliphatic carbocycles. The minimum atomic E-state index is -2.85. The molecule has 27 heavy (non-hydrogen) atoms. The summed E-state index contributed by atoms with van der Waals surface area (Å²) in [6.07, 6.45) is -0.0633. The zero-order valence-corrected chi connectivity index (χ0v) is 15.4. The average molecular weight is 379 g/mol. The maximum Gasteiger partial charge on any atom is 0.266 e. The topological polar surface area (TPSA) is 61.9 Å². The summed E-state index contributed by atoms with van der Waals surface area (Å²) in [6, 6.07) is 3.51. The van der Waals surface area contributed by atoms with Gasteiger partial charge >= 0.3 is 0 Å². The van der Waals surface area contributed by atoms with Crippen LogP contribution in [0.1, 0.15) is 42.8 Å². The van der Waals surface area contributed by atoms with E-state index < -0.39 is 23.8 Å². The summed E-state index contributed by atoms with van der Waals surface area (Å²) in [5, 5.41) is 9.79. The zero-order chi connectivity index (χ0) is 19.4. The minimum Gasteiger partial charge on any atom is -0.380 e. The van der Waals surface area contributed by atoms with Gasteiger partial charge in [-0.05, 0) is 39.3 Å². The SMILES string of the molecule is Cc1ncc(NCC2CCNC2)c(N[C@H](C)c2cccc(C(F)F)c2F)n1. The van der Waals surface area contributed by atoms with Gasteiger partial charge in [-0.1, -0.05) is 18.2 Å². The van der Waals surface area contributed by atoms with Gasteiger partial charge in [0.05, 0.1) is 23.5 Å². The van der Waals surface area contributed by atoms with Crippen molar-refractivity contribution in [2.24, 2.45) is 5.92 Å². The van der Waals surface area contributed by atoms with Crippen molar-refractivity contribution in [1.29, 1.82) is 0 Å². The van der Waals surface area contributed by atoms with E-state index in [9.17, 15) is 13.2 Å². The number of hydrogen-bond donors (Lipinski definition) is 3. The summed E-state index contributed by atoms with van der Waals surface area (Å²) in [6.45, 7) is 6.23. The predicted molar refractivity (Wildman–Crippen MR) is 99.6 cm³/mol. The fraction of sp³-hybridized carbons (Fsp3) is 0.474. The van der Waals surface area contributed by atoms with Crippen LogP contribution in [-0.4, -0.2) is 29.6 Å². The van der Waals surface area contributed by atoms with Crippen LogP contribution in [0.25, 0.3) is 0 Å². The van der Waals surface area contributed by atoms with Crippen molar-refractivity contribution in [3.63, 3.8) is 0 Å². The summed E-state index contributed by atoms with van der Waals surface area (Å²) in [5.41, 5.74) is 0.298. The summed E-state index contributed by atoms with van der Waals surface area (Å²) in [4.78, 5) is 8.62. The van der Waals surface area contributed by atoms with Gasteiger partial charge in [0.1, 0.15) is 11.6 Å². The summed E-state index contributed by atoms with van der Waals surface area (Å²) < 4.78 is 40.4. The van der Waals surface area contributed by atoms with Gasteiger partial charge in [-0.25, -0.2) is 23.1 Å². The lowest BCUT2D eigenvalue weighted by Crippen LogP contribution is -2.19. The standard InChI is InChI=1S/C19H24F3N5/c1-11(14-4-3-5-15(17(14)20)18(21)22)26-19-16(10-24-12(2)27-19)25-9-13-6-7-23-8-13/h3-5,10-11,13,18,23,25H,6-9H2,1-2H3,(H,24,26,27)/t11-,13?/m1/s1. The van der Waals surface area contributed by atoms with Crippen molar-refractivity contribution in [2.75, 3.05) is 30.3 Å². The third-order valence-electron chi connectivity index (χ3n) is 4.77. The first-order valence-electron chi connectivity index (χ1n) is 9.07. The highest BCUT2D eigenvalue weighted by molar-refractivity contribution is 5.63. The van der Waals surface area contributed by atoms with Crippen molar-refractivity contribution in [3.8, 4) is 0 Å². The number of benzene rings is 1. The first-order valence-corrected chi connectivity index (χ1v) is 9.07. The number of rotatable bonds is 7. The molecule has 0 amide bonds. The third-order valence-corrected chi connectivity index (χ3v) is 4.77. The van der Waals surface area contributed by atoms with Gasteiger partial charge in [0.2, 0.25) is 0 Å². The monoisotopic (exact) mass is 379 g/mol. The highest BCUT2D eigenvalue weighted by Crippen LogP contribution is 2.30. The average Bonchev–Trinajstić information content (AvgIpc) is 3.14. The van der Waals surface area contributed by atoms with E-state index in [1.54, 1.807) is 20.0 Å². The van der Waals surface area contributed by atoms with E-state index in [1.165, 1.54) is 12.1 Å². The van der Waals surface area contributed by atoms with E-state index in [2.05, 4.69) is 25.9 Å². The molecule has 2 heterocycles. The Morgan fingerprint density at radius 2 is 2.07 bits per heavy atom. The van der Waals surface area contributed by atoms with Gasteiger partial charge in [-0.2, -0.15) is 0 Å². The van der Waals surface area contributed by atoms with Gasteiger partial charge < -0.3 is 16.0 Å². The van der Waals surface area contributed by atoms with Crippen LogP contribution in [0.5, 0.6) is 0 Å². The first kappa shape index (κ1) is 19.4. The molecular weight excluding hydrogens is 355 g/mol. The molecule has 2 aromatic rings. The van der Waals surface area contributed by atoms with Gasteiger partial charge in [-0.3, -0.25) is 0 Å². The van der Waals surface area contributed by atoms with Gasteiger partial charge in [0.15, 0.2) is 5.82 Å². The zero-order valence-electron chi connectivity index (χ0n) is 15.4. The van der Waals surface area contributed by atoms with Crippen LogP contribution in [0.3, 0.4) is 0 Å². The molecule has 3 rings (SSSR count). The van der Waals surface area contributed by atoms with Gasteiger partial charge in [0.25, 0.3) is 6.43 Å². The Morgan fingerprint density at radius 1 is 1.30 bits per heavy atom. The molecule has 0 saturated carbocycles. The Morgan fingerprint density at radius 3 is 2.78 bits per heavy atom. The third kappa shape index (κ3) is 4.68. The highest BCUT2D eigenvalue weighted by Gasteiger charge is 2.21. The smallest absolute Gasteiger partial charge is 0.266 e. The number of hydrogen-bond acceptors (Lipinski definition) is 5. The van der Waals surface area contributed by atoms with Gasteiger partial charge in [0, 0.05) is 12.1 Å². The van der Waals surface area contributed by atoms with Crippen molar-refractivity contribution in [3.05, 3.63) is 47.2 Å². The lowest BCUT2D eigenvalue weighted by atomic mass is 10.0. The molecule has 1 aromatic carbocycles. The lowest BCUT2D eigenvalue weighted by molar-refractivity contribution is 0.146. The number of halogens is 3. The van der Waals surface area contributed by atoms with Gasteiger partial charge in [-0.15, -0.1) is 0 Å². The molecular formula is C19H24F3N5. The largest absolute Gasteiger partial charge is 0.380 e. The first-order chi connectivity index (χ1) is 13.0. The van der Waals surface area contributed by atoms with Crippen LogP contribution in [0.15, 0.2) is 24.4 Å². The van der Waals surface area contributed by atoms with Crippen LogP contribution in [-0.2, 0) is 0 Å². The van der Waals surface area contributed by atoms with Crippen molar-refractivity contribution in [1.82, 2.24) is 15.3 Å². The van der Waals surface area contributed by atoms with E-state index in [0.29, 0.717) is 23.2 Å². The predicted octanol–water partition coefficient (Wildman–Crippen LogP) is 4.06. The Balaban J connectivity index is 1.78. The Kier molecular flexibility index (Phi) is 6.15. The number of anilines is 2. The Labute approximate surface area is 156 Å². The molecule has 1 aromatic heterocycles. The van der Waals surface area contributed by atoms with Crippen LogP contribution in [0, 0.1) is 18.7 Å². The van der Waals surface area contributed by atoms with Crippen LogP contribution in [0.2, 0.25) is 0 Å². The summed E-state index contributed by atoms with van der Waals surface area (Å²) in [7, 11) is 0. The molecule has 2 atom stereocenters. The second-order valence-corrected chi connectivity index (χ2v) is 6.84. The number of alkyl halides is 2. The molecule has 1 aliphatic rings. The number of nitrogens with one attached hydrogen (secondary N) is 3. The van der Waals surface area contributed by atoms with Crippen molar-refractivity contribution >= 4 is 11.5 Å². The minimum absolute atomic E-state index is 0.176. The molecule has 1 unspecified atom stereocenters. The van der Waals surface area contributed by atoms with Crippen LogP contribution in [0.4, 0.5) is 24.7 Å². The lowest BCUT2D eigenvalue weighted by Gasteiger charge is -2.20. The molecule has 1 fully saturated rings.